The van der Waals surface area contributed by atoms with Gasteiger partial charge in [-0.1, -0.05) is 19.9 Å². The van der Waals surface area contributed by atoms with E-state index in [4.69, 9.17) is 4.74 Å². The molecule has 4 aliphatic rings. The number of carboxylic acids is 1. The third kappa shape index (κ3) is 2.13. The second kappa shape index (κ2) is 5.59. The summed E-state index contributed by atoms with van der Waals surface area (Å²) in [7, 11) is 0. The molecule has 4 nitrogen and oxygen atoms in total. The molecule has 2 unspecified atom stereocenters. The molecule has 7 atom stereocenters. The van der Waals surface area contributed by atoms with E-state index in [0.717, 1.165) is 56.9 Å². The third-order valence-corrected chi connectivity index (χ3v) is 8.95. The highest BCUT2D eigenvalue weighted by Gasteiger charge is 2.68. The molecule has 1 spiro atoms. The van der Waals surface area contributed by atoms with Crippen LogP contribution in [0.4, 0.5) is 0 Å². The number of esters is 1. The molecule has 2 bridgehead atoms. The van der Waals surface area contributed by atoms with Crippen molar-refractivity contribution in [1.82, 2.24) is 0 Å². The summed E-state index contributed by atoms with van der Waals surface area (Å²) < 4.78 is 5.87. The molecule has 0 aromatic carbocycles. The van der Waals surface area contributed by atoms with Gasteiger partial charge < -0.3 is 9.84 Å². The molecular weight excluding hydrogens is 328 g/mol. The molecule has 0 aliphatic heterocycles. The van der Waals surface area contributed by atoms with Crippen LogP contribution in [0.15, 0.2) is 12.2 Å². The van der Waals surface area contributed by atoms with Gasteiger partial charge in [0.05, 0.1) is 5.41 Å². The van der Waals surface area contributed by atoms with Crippen LogP contribution in [0.2, 0.25) is 0 Å². The zero-order valence-electron chi connectivity index (χ0n) is 16.3. The number of hydrogen-bond donors (Lipinski definition) is 1. The number of carbonyl (C=O) groups excluding carboxylic acids is 1. The first-order valence-corrected chi connectivity index (χ1v) is 10.2. The van der Waals surface area contributed by atoms with E-state index in [9.17, 15) is 14.7 Å². The van der Waals surface area contributed by atoms with Crippen LogP contribution < -0.4 is 0 Å². The Morgan fingerprint density at radius 1 is 1.12 bits per heavy atom. The Hall–Kier alpha value is -1.32. The first-order valence-electron chi connectivity index (χ1n) is 10.2. The van der Waals surface area contributed by atoms with E-state index < -0.39 is 11.4 Å². The molecule has 0 aromatic heterocycles. The summed E-state index contributed by atoms with van der Waals surface area (Å²) in [5, 5.41) is 10.0. The van der Waals surface area contributed by atoms with Gasteiger partial charge in [-0.25, -0.2) is 0 Å². The summed E-state index contributed by atoms with van der Waals surface area (Å²) in [5.41, 5.74) is 0.477. The second-order valence-corrected chi connectivity index (χ2v) is 10.0. The van der Waals surface area contributed by atoms with Crippen molar-refractivity contribution in [2.45, 2.75) is 78.2 Å². The zero-order chi connectivity index (χ0) is 18.9. The lowest BCUT2D eigenvalue weighted by Crippen LogP contribution is -2.60. The highest BCUT2D eigenvalue weighted by Crippen LogP contribution is 2.72. The third-order valence-electron chi connectivity index (χ3n) is 8.95. The Morgan fingerprint density at radius 3 is 2.50 bits per heavy atom. The van der Waals surface area contributed by atoms with E-state index in [1.54, 1.807) is 0 Å². The van der Waals surface area contributed by atoms with Crippen molar-refractivity contribution in [1.29, 1.82) is 0 Å². The SMILES string of the molecule is C=C1[C@H]2CCC3[C@]4(C)CCC[C@@](C)(C(=O)O)C4CC[C@]3(C2)[C@H]1OC(C)=O. The van der Waals surface area contributed by atoms with Crippen LogP contribution in [-0.4, -0.2) is 23.1 Å². The van der Waals surface area contributed by atoms with E-state index in [-0.39, 0.29) is 28.8 Å². The number of carbonyl (C=O) groups is 2. The van der Waals surface area contributed by atoms with E-state index >= 15 is 0 Å². The molecule has 144 valence electrons. The maximum atomic E-state index is 12.2. The maximum absolute atomic E-state index is 12.2. The maximum Gasteiger partial charge on any atom is 0.309 e. The fourth-order valence-electron chi connectivity index (χ4n) is 7.95. The minimum Gasteiger partial charge on any atom is -0.481 e. The van der Waals surface area contributed by atoms with Gasteiger partial charge in [0.25, 0.3) is 0 Å². The molecule has 4 saturated carbocycles. The van der Waals surface area contributed by atoms with E-state index in [2.05, 4.69) is 13.5 Å². The molecule has 0 radical (unpaired) electrons. The number of carboxylic acid groups (broad SMARTS) is 1. The smallest absolute Gasteiger partial charge is 0.309 e. The van der Waals surface area contributed by atoms with Crippen molar-refractivity contribution in [3.8, 4) is 0 Å². The Labute approximate surface area is 156 Å². The quantitative estimate of drug-likeness (QED) is 0.578. The fraction of sp³-hybridized carbons (Fsp3) is 0.818. The Kier molecular flexibility index (Phi) is 3.88. The molecule has 4 rings (SSSR count). The molecular formula is C22H32O4. The predicted molar refractivity (Wildman–Crippen MR) is 98.4 cm³/mol. The lowest BCUT2D eigenvalue weighted by atomic mass is 9.40. The number of rotatable bonds is 2. The van der Waals surface area contributed by atoms with Crippen molar-refractivity contribution in [2.24, 2.45) is 34.0 Å². The molecule has 26 heavy (non-hydrogen) atoms. The average molecular weight is 360 g/mol. The molecule has 4 heteroatoms. The molecule has 4 aliphatic carbocycles. The summed E-state index contributed by atoms with van der Waals surface area (Å²) >= 11 is 0. The van der Waals surface area contributed by atoms with Crippen LogP contribution >= 0.6 is 0 Å². The average Bonchev–Trinajstić information content (AvgIpc) is 2.75. The summed E-state index contributed by atoms with van der Waals surface area (Å²) in [6.07, 6.45) is 7.86. The van der Waals surface area contributed by atoms with E-state index in [0.29, 0.717) is 11.8 Å². The van der Waals surface area contributed by atoms with Crippen molar-refractivity contribution in [2.75, 3.05) is 0 Å². The Bertz CT molecular complexity index is 669. The van der Waals surface area contributed by atoms with Gasteiger partial charge in [-0.3, -0.25) is 9.59 Å². The Balaban J connectivity index is 1.77. The van der Waals surface area contributed by atoms with Gasteiger partial charge in [0.1, 0.15) is 6.10 Å². The number of ether oxygens (including phenoxy) is 1. The van der Waals surface area contributed by atoms with Gasteiger partial charge >= 0.3 is 11.9 Å². The largest absolute Gasteiger partial charge is 0.481 e. The van der Waals surface area contributed by atoms with Gasteiger partial charge in [-0.2, -0.15) is 0 Å². The van der Waals surface area contributed by atoms with Crippen molar-refractivity contribution in [3.63, 3.8) is 0 Å². The highest BCUT2D eigenvalue weighted by atomic mass is 16.5. The lowest BCUT2D eigenvalue weighted by Gasteiger charge is -2.63. The van der Waals surface area contributed by atoms with Crippen molar-refractivity contribution < 1.29 is 19.4 Å². The molecule has 0 aromatic rings. The van der Waals surface area contributed by atoms with Crippen LogP contribution in [0, 0.1) is 34.0 Å². The highest BCUT2D eigenvalue weighted by molar-refractivity contribution is 5.75. The molecule has 1 N–H and O–H groups in total. The van der Waals surface area contributed by atoms with Gasteiger partial charge in [0, 0.05) is 12.3 Å². The summed E-state index contributed by atoms with van der Waals surface area (Å²) in [6.45, 7) is 10.1. The van der Waals surface area contributed by atoms with Crippen LogP contribution in [0.25, 0.3) is 0 Å². The van der Waals surface area contributed by atoms with Crippen LogP contribution in [-0.2, 0) is 14.3 Å². The summed E-state index contributed by atoms with van der Waals surface area (Å²) in [4.78, 5) is 24.0. The minimum atomic E-state index is -0.634. The first-order chi connectivity index (χ1) is 12.1. The van der Waals surface area contributed by atoms with Crippen molar-refractivity contribution >= 4 is 11.9 Å². The number of aliphatic carboxylic acids is 1. The van der Waals surface area contributed by atoms with Crippen molar-refractivity contribution in [3.05, 3.63) is 12.2 Å². The van der Waals surface area contributed by atoms with Crippen LogP contribution in [0.1, 0.15) is 72.1 Å². The number of fused-ring (bicyclic) bond motifs is 3. The Morgan fingerprint density at radius 2 is 1.85 bits per heavy atom. The normalized spacial score (nSPS) is 49.9. The monoisotopic (exact) mass is 360 g/mol. The van der Waals surface area contributed by atoms with E-state index in [1.807, 2.05) is 6.92 Å². The topological polar surface area (TPSA) is 63.6 Å². The molecule has 0 amide bonds. The fourth-order valence-corrected chi connectivity index (χ4v) is 7.95. The standard InChI is InChI=1S/C22H32O4/c1-13-15-6-7-17-20(3)9-5-10-21(4,19(24)25)16(20)8-11-22(17,12-15)18(13)26-14(2)23/h15-18H,1,5-12H2,2-4H3,(H,24,25)/t15-,16?,17?,18-,20+,21+,22+/m0/s1. The summed E-state index contributed by atoms with van der Waals surface area (Å²) in [6, 6.07) is 0. The second-order valence-electron chi connectivity index (χ2n) is 10.0. The predicted octanol–water partition coefficient (Wildman–Crippen LogP) is 4.58. The van der Waals surface area contributed by atoms with Gasteiger partial charge in [-0.05, 0) is 80.6 Å². The van der Waals surface area contributed by atoms with E-state index in [1.165, 1.54) is 6.92 Å². The first kappa shape index (κ1) is 18.1. The number of hydrogen-bond acceptors (Lipinski definition) is 3. The lowest BCUT2D eigenvalue weighted by molar-refractivity contribution is -0.195. The van der Waals surface area contributed by atoms with Crippen LogP contribution in [0.5, 0.6) is 0 Å². The minimum absolute atomic E-state index is 0.0115. The molecule has 0 heterocycles. The summed E-state index contributed by atoms with van der Waals surface area (Å²) in [5.74, 6) is 0.242. The van der Waals surface area contributed by atoms with Gasteiger partial charge in [0.2, 0.25) is 0 Å². The van der Waals surface area contributed by atoms with Gasteiger partial charge in [-0.15, -0.1) is 0 Å². The zero-order valence-corrected chi connectivity index (χ0v) is 16.3. The van der Waals surface area contributed by atoms with Crippen LogP contribution in [0.3, 0.4) is 0 Å². The molecule has 4 fully saturated rings. The van der Waals surface area contributed by atoms with Gasteiger partial charge in [0.15, 0.2) is 0 Å². The molecule has 0 saturated heterocycles.